The number of phenols is 1. The van der Waals surface area contributed by atoms with Gasteiger partial charge in [-0.05, 0) is 29.8 Å². The normalized spacial score (nSPS) is 13.6. The molecule has 0 atom stereocenters. The van der Waals surface area contributed by atoms with Crippen LogP contribution < -0.4 is 4.74 Å². The Balaban J connectivity index is 1.13. The minimum atomic E-state index is -0.171. The average molecular weight is 461 g/mol. The van der Waals surface area contributed by atoms with Crippen LogP contribution in [-0.4, -0.2) is 54.1 Å². The molecule has 10 nitrogen and oxygen atoms in total. The number of hydrogen-bond acceptors (Lipinski definition) is 8. The number of aromatic hydroxyl groups is 1. The molecule has 0 spiro atoms. The van der Waals surface area contributed by atoms with E-state index in [9.17, 15) is 15.0 Å². The molecule has 1 saturated heterocycles. The Kier molecular flexibility index (Phi) is 5.96. The number of oxazole rings is 1. The van der Waals surface area contributed by atoms with Crippen LogP contribution in [0.25, 0.3) is 0 Å². The number of carbonyl (C=O) groups is 1. The second kappa shape index (κ2) is 9.36. The van der Waals surface area contributed by atoms with Crippen molar-refractivity contribution in [2.24, 2.45) is 0 Å². The maximum absolute atomic E-state index is 12.8. The first-order valence-corrected chi connectivity index (χ1v) is 10.8. The van der Waals surface area contributed by atoms with Gasteiger partial charge in [0.25, 0.3) is 5.91 Å². The van der Waals surface area contributed by atoms with E-state index in [2.05, 4.69) is 15.3 Å². The van der Waals surface area contributed by atoms with Crippen molar-refractivity contribution in [2.75, 3.05) is 13.1 Å². The topological polar surface area (TPSA) is 127 Å². The number of phenolic OH excluding ortho intramolecular Hbond substituents is 1. The van der Waals surface area contributed by atoms with Gasteiger partial charge >= 0.3 is 0 Å². The number of amides is 1. The number of nitrogens with zero attached hydrogens (tertiary/aromatic N) is 5. The first-order chi connectivity index (χ1) is 16.6. The number of likely N-dealkylation sites (tertiary alicyclic amines) is 1. The number of hydrogen-bond donors (Lipinski definition) is 2. The highest BCUT2D eigenvalue weighted by atomic mass is 16.5. The van der Waals surface area contributed by atoms with Gasteiger partial charge in [-0.15, -0.1) is 5.10 Å². The predicted octanol–water partition coefficient (Wildman–Crippen LogP) is 2.33. The van der Waals surface area contributed by atoms with E-state index in [0.29, 0.717) is 48.1 Å². The third-order valence-electron chi connectivity index (χ3n) is 5.70. The summed E-state index contributed by atoms with van der Waals surface area (Å²) in [4.78, 5) is 18.5. The quantitative estimate of drug-likeness (QED) is 0.409. The first-order valence-electron chi connectivity index (χ1n) is 10.8. The summed E-state index contributed by atoms with van der Waals surface area (Å²) in [5.74, 6) is 1.37. The summed E-state index contributed by atoms with van der Waals surface area (Å²) in [5, 5.41) is 27.1. The molecule has 1 aliphatic rings. The van der Waals surface area contributed by atoms with Crippen molar-refractivity contribution in [1.82, 2.24) is 24.9 Å². The molecule has 4 aromatic rings. The third-order valence-corrected chi connectivity index (χ3v) is 5.70. The number of carbonyl (C=O) groups excluding carboxylic acids is 1. The second-order valence-corrected chi connectivity index (χ2v) is 8.12. The van der Waals surface area contributed by atoms with Gasteiger partial charge in [-0.25, -0.2) is 9.67 Å². The summed E-state index contributed by atoms with van der Waals surface area (Å²) >= 11 is 0. The molecule has 0 aliphatic carbocycles. The minimum Gasteiger partial charge on any atom is -0.508 e. The molecule has 10 heteroatoms. The van der Waals surface area contributed by atoms with E-state index in [1.165, 1.54) is 12.5 Å². The maximum Gasteiger partial charge on any atom is 0.253 e. The molecule has 2 N–H and O–H groups in total. The third kappa shape index (κ3) is 4.62. The lowest BCUT2D eigenvalue weighted by atomic mass is 9.94. The van der Waals surface area contributed by atoms with Crippen LogP contribution in [0.3, 0.4) is 0 Å². The van der Waals surface area contributed by atoms with Crippen molar-refractivity contribution >= 4 is 5.91 Å². The molecule has 0 saturated carbocycles. The Morgan fingerprint density at radius 3 is 2.76 bits per heavy atom. The minimum absolute atomic E-state index is 0.0417. The van der Waals surface area contributed by atoms with Crippen LogP contribution in [0.4, 0.5) is 0 Å². The lowest BCUT2D eigenvalue weighted by Gasteiger charge is -2.38. The molecule has 0 bridgehead atoms. The van der Waals surface area contributed by atoms with E-state index in [1.54, 1.807) is 46.1 Å². The SMILES string of the molecule is O=C(c1ccc(Cn2cc(COc3cccc(O)c3)nn2)cc1)N1CC(c2ocnc2CO)C1. The number of aliphatic hydroxyl groups excluding tert-OH is 1. The standard InChI is InChI=1S/C24H23N5O5/c30-13-22-23(34-15-25-22)18-10-28(11-18)24(32)17-6-4-16(5-7-17)9-29-12-19(26-27-29)14-33-21-3-1-2-20(31)8-21/h1-8,12,15,18,30-31H,9-11,13-14H2. The van der Waals surface area contributed by atoms with E-state index < -0.39 is 0 Å². The van der Waals surface area contributed by atoms with Gasteiger partial charge in [0.2, 0.25) is 0 Å². The van der Waals surface area contributed by atoms with Crippen molar-refractivity contribution < 1.29 is 24.2 Å². The molecule has 1 fully saturated rings. The summed E-state index contributed by atoms with van der Waals surface area (Å²) in [6, 6.07) is 14.0. The highest BCUT2D eigenvalue weighted by Gasteiger charge is 2.35. The van der Waals surface area contributed by atoms with Gasteiger partial charge in [0.05, 0.1) is 25.3 Å². The zero-order valence-corrected chi connectivity index (χ0v) is 18.2. The Morgan fingerprint density at radius 2 is 2.00 bits per heavy atom. The summed E-state index contributed by atoms with van der Waals surface area (Å²) in [6.45, 7) is 1.65. The van der Waals surface area contributed by atoms with Gasteiger partial charge in [0.1, 0.15) is 35.3 Å². The molecule has 2 aromatic carbocycles. The molecule has 174 valence electrons. The predicted molar refractivity (Wildman–Crippen MR) is 119 cm³/mol. The monoisotopic (exact) mass is 461 g/mol. The number of aliphatic hydroxyl groups is 1. The highest BCUT2D eigenvalue weighted by Crippen LogP contribution is 2.30. The van der Waals surface area contributed by atoms with Crippen LogP contribution >= 0.6 is 0 Å². The molecule has 5 rings (SSSR count). The van der Waals surface area contributed by atoms with Gasteiger partial charge < -0.3 is 24.3 Å². The zero-order chi connectivity index (χ0) is 23.5. The van der Waals surface area contributed by atoms with Gasteiger partial charge in [-0.2, -0.15) is 0 Å². The molecular formula is C24H23N5O5. The number of aromatic nitrogens is 4. The largest absolute Gasteiger partial charge is 0.508 e. The Morgan fingerprint density at radius 1 is 1.18 bits per heavy atom. The summed E-state index contributed by atoms with van der Waals surface area (Å²) in [7, 11) is 0. The molecule has 1 aliphatic heterocycles. The van der Waals surface area contributed by atoms with Crippen LogP contribution in [0.15, 0.2) is 65.5 Å². The van der Waals surface area contributed by atoms with Crippen molar-refractivity contribution in [3.8, 4) is 11.5 Å². The van der Waals surface area contributed by atoms with Crippen molar-refractivity contribution in [3.05, 3.63) is 89.4 Å². The Hall–Kier alpha value is -4.18. The van der Waals surface area contributed by atoms with Crippen LogP contribution in [0.1, 0.15) is 39.0 Å². The fourth-order valence-corrected chi connectivity index (χ4v) is 3.87. The second-order valence-electron chi connectivity index (χ2n) is 8.12. The van der Waals surface area contributed by atoms with Crippen molar-refractivity contribution in [1.29, 1.82) is 0 Å². The van der Waals surface area contributed by atoms with Crippen LogP contribution in [-0.2, 0) is 19.8 Å². The molecule has 0 unspecified atom stereocenters. The summed E-state index contributed by atoms with van der Waals surface area (Å²) in [5.41, 5.74) is 2.79. The molecule has 34 heavy (non-hydrogen) atoms. The summed E-state index contributed by atoms with van der Waals surface area (Å²) < 4.78 is 12.7. The number of benzene rings is 2. The highest BCUT2D eigenvalue weighted by molar-refractivity contribution is 5.94. The Bertz CT molecular complexity index is 1280. The van der Waals surface area contributed by atoms with E-state index in [4.69, 9.17) is 9.15 Å². The Labute approximate surface area is 195 Å². The van der Waals surface area contributed by atoms with Crippen LogP contribution in [0.5, 0.6) is 11.5 Å². The average Bonchev–Trinajstić information content (AvgIpc) is 3.46. The fourth-order valence-electron chi connectivity index (χ4n) is 3.87. The lowest BCUT2D eigenvalue weighted by Crippen LogP contribution is -2.48. The van der Waals surface area contributed by atoms with E-state index in [-0.39, 0.29) is 30.8 Å². The number of rotatable bonds is 8. The van der Waals surface area contributed by atoms with Crippen LogP contribution in [0, 0.1) is 0 Å². The van der Waals surface area contributed by atoms with Gasteiger partial charge in [0, 0.05) is 24.7 Å². The van der Waals surface area contributed by atoms with Gasteiger partial charge in [0.15, 0.2) is 6.39 Å². The lowest BCUT2D eigenvalue weighted by molar-refractivity contribution is 0.0579. The number of ether oxygens (including phenoxy) is 1. The van der Waals surface area contributed by atoms with Gasteiger partial charge in [-0.3, -0.25) is 4.79 Å². The van der Waals surface area contributed by atoms with Gasteiger partial charge in [-0.1, -0.05) is 23.4 Å². The van der Waals surface area contributed by atoms with Crippen molar-refractivity contribution in [3.63, 3.8) is 0 Å². The molecule has 0 radical (unpaired) electrons. The molecule has 2 aromatic heterocycles. The molecule has 1 amide bonds. The molecular weight excluding hydrogens is 438 g/mol. The summed E-state index contributed by atoms with van der Waals surface area (Å²) in [6.07, 6.45) is 3.12. The maximum atomic E-state index is 12.8. The van der Waals surface area contributed by atoms with E-state index in [0.717, 1.165) is 5.56 Å². The van der Waals surface area contributed by atoms with E-state index >= 15 is 0 Å². The zero-order valence-electron chi connectivity index (χ0n) is 18.2. The van der Waals surface area contributed by atoms with Crippen molar-refractivity contribution in [2.45, 2.75) is 25.7 Å². The smallest absolute Gasteiger partial charge is 0.253 e. The van der Waals surface area contributed by atoms with Crippen LogP contribution in [0.2, 0.25) is 0 Å². The van der Waals surface area contributed by atoms with E-state index in [1.807, 2.05) is 12.1 Å². The molecule has 3 heterocycles. The fraction of sp³-hybridized carbons (Fsp3) is 0.250. The first kappa shape index (κ1) is 21.7.